The summed E-state index contributed by atoms with van der Waals surface area (Å²) in [5.41, 5.74) is 4.29. The smallest absolute Gasteiger partial charge is 0.277 e. The average molecular weight is 451 g/mol. The lowest BCUT2D eigenvalue weighted by Crippen LogP contribution is -2.38. The molecule has 0 amide bonds. The maximum Gasteiger partial charge on any atom is 0.277 e. The van der Waals surface area contributed by atoms with Crippen LogP contribution in [0.25, 0.3) is 22.4 Å². The van der Waals surface area contributed by atoms with Gasteiger partial charge in [0.15, 0.2) is 5.52 Å². The average Bonchev–Trinajstić information content (AvgIpc) is 3.36. The Kier molecular flexibility index (Phi) is 5.86. The first kappa shape index (κ1) is 21.9. The lowest BCUT2D eigenvalue weighted by molar-refractivity contribution is 0.232. The summed E-state index contributed by atoms with van der Waals surface area (Å²) >= 11 is 0. The maximum atomic E-state index is 13.0. The Morgan fingerprint density at radius 3 is 2.76 bits per heavy atom. The van der Waals surface area contributed by atoms with Gasteiger partial charge < -0.3 is 19.9 Å². The monoisotopic (exact) mass is 450 g/mol. The van der Waals surface area contributed by atoms with E-state index in [2.05, 4.69) is 39.4 Å². The molecule has 0 radical (unpaired) electrons. The molecular weight excluding hydrogens is 416 g/mol. The van der Waals surface area contributed by atoms with E-state index in [4.69, 9.17) is 9.72 Å². The normalized spacial score (nSPS) is 17.8. The molecule has 0 bridgehead atoms. The third-order valence-corrected chi connectivity index (χ3v) is 7.24. The Balaban J connectivity index is 1.56. The van der Waals surface area contributed by atoms with Crippen LogP contribution in [0.2, 0.25) is 0 Å². The zero-order valence-corrected chi connectivity index (χ0v) is 19.9. The minimum Gasteiger partial charge on any atom is -0.493 e. The molecule has 2 N–H and O–H groups in total. The van der Waals surface area contributed by atoms with E-state index in [1.807, 2.05) is 13.0 Å². The number of hydrogen-bond donors (Lipinski definition) is 2. The third-order valence-electron chi connectivity index (χ3n) is 7.24. The molecule has 8 heteroatoms. The van der Waals surface area contributed by atoms with Gasteiger partial charge in [0.05, 0.1) is 17.9 Å². The number of nitrogens with one attached hydrogen (secondary N) is 2. The molecule has 2 fully saturated rings. The molecule has 0 aliphatic carbocycles. The maximum absolute atomic E-state index is 13.0. The largest absolute Gasteiger partial charge is 0.493 e. The van der Waals surface area contributed by atoms with Crippen molar-refractivity contribution in [3.63, 3.8) is 0 Å². The Labute approximate surface area is 194 Å². The summed E-state index contributed by atoms with van der Waals surface area (Å²) in [6.45, 7) is 8.98. The molecule has 2 aliphatic heterocycles. The number of H-pyrrole nitrogens is 1. The molecule has 5 rings (SSSR count). The van der Waals surface area contributed by atoms with Crippen molar-refractivity contribution in [2.45, 2.75) is 46.0 Å². The predicted octanol–water partition coefficient (Wildman–Crippen LogP) is 3.25. The molecule has 1 aromatic carbocycles. The molecular formula is C25H34N6O2. The number of anilines is 1. The standard InChI is InChI=1S/C25H34N6O2/c1-4-6-19-21-22(30(3)29-19)24(32)28-23(27-21)18-15-17(7-8-20(18)33-5-2)31-14-11-25(16-31)9-12-26-13-10-25/h7-8,15,26H,4-6,9-14,16H2,1-3H3,(H,27,28,32). The second-order valence-electron chi connectivity index (χ2n) is 9.47. The molecule has 2 aliphatic rings. The van der Waals surface area contributed by atoms with Gasteiger partial charge in [-0.1, -0.05) is 13.3 Å². The predicted molar refractivity (Wildman–Crippen MR) is 131 cm³/mol. The molecule has 0 saturated carbocycles. The number of rotatable bonds is 6. The molecule has 2 aromatic heterocycles. The van der Waals surface area contributed by atoms with Gasteiger partial charge in [-0.3, -0.25) is 9.48 Å². The van der Waals surface area contributed by atoms with E-state index in [0.717, 1.165) is 61.7 Å². The number of benzene rings is 1. The minimum absolute atomic E-state index is 0.171. The van der Waals surface area contributed by atoms with Crippen LogP contribution in [0.3, 0.4) is 0 Å². The van der Waals surface area contributed by atoms with Crippen molar-refractivity contribution in [3.05, 3.63) is 34.2 Å². The molecule has 3 aromatic rings. The first-order chi connectivity index (χ1) is 16.0. The van der Waals surface area contributed by atoms with Crippen LogP contribution in [0.4, 0.5) is 5.69 Å². The number of aromatic amines is 1. The lowest BCUT2D eigenvalue weighted by atomic mass is 9.78. The van der Waals surface area contributed by atoms with Gasteiger partial charge >= 0.3 is 0 Å². The molecule has 2 saturated heterocycles. The molecule has 176 valence electrons. The Morgan fingerprint density at radius 2 is 2.00 bits per heavy atom. The van der Waals surface area contributed by atoms with Crippen molar-refractivity contribution in [3.8, 4) is 17.1 Å². The van der Waals surface area contributed by atoms with Gasteiger partial charge in [-0.05, 0) is 69.3 Å². The van der Waals surface area contributed by atoms with Gasteiger partial charge in [-0.25, -0.2) is 4.98 Å². The van der Waals surface area contributed by atoms with E-state index < -0.39 is 0 Å². The van der Waals surface area contributed by atoms with Crippen molar-refractivity contribution >= 4 is 16.7 Å². The first-order valence-corrected chi connectivity index (χ1v) is 12.2. The number of aryl methyl sites for hydroxylation is 2. The summed E-state index contributed by atoms with van der Waals surface area (Å²) < 4.78 is 7.58. The first-order valence-electron chi connectivity index (χ1n) is 12.2. The summed E-state index contributed by atoms with van der Waals surface area (Å²) in [7, 11) is 1.80. The molecule has 1 spiro atoms. The highest BCUT2D eigenvalue weighted by Crippen LogP contribution is 2.42. The highest BCUT2D eigenvalue weighted by Gasteiger charge is 2.39. The van der Waals surface area contributed by atoms with Gasteiger partial charge in [0, 0.05) is 25.8 Å². The quantitative estimate of drug-likeness (QED) is 0.599. The van der Waals surface area contributed by atoms with Crippen molar-refractivity contribution in [1.82, 2.24) is 25.1 Å². The van der Waals surface area contributed by atoms with Crippen LogP contribution in [0.5, 0.6) is 5.75 Å². The summed E-state index contributed by atoms with van der Waals surface area (Å²) in [5, 5.41) is 8.05. The Bertz CT molecular complexity index is 1210. The molecule has 8 nitrogen and oxygen atoms in total. The lowest BCUT2D eigenvalue weighted by Gasteiger charge is -2.34. The molecule has 4 heterocycles. The summed E-state index contributed by atoms with van der Waals surface area (Å²) in [5.74, 6) is 1.28. The van der Waals surface area contributed by atoms with Crippen LogP contribution in [0.1, 0.15) is 45.2 Å². The number of nitrogens with zero attached hydrogens (tertiary/aromatic N) is 4. The van der Waals surface area contributed by atoms with E-state index in [-0.39, 0.29) is 5.56 Å². The van der Waals surface area contributed by atoms with Crippen molar-refractivity contribution in [2.24, 2.45) is 12.5 Å². The van der Waals surface area contributed by atoms with Crippen molar-refractivity contribution < 1.29 is 4.74 Å². The van der Waals surface area contributed by atoms with Crippen molar-refractivity contribution in [1.29, 1.82) is 0 Å². The summed E-state index contributed by atoms with van der Waals surface area (Å²) in [4.78, 5) is 23.4. The molecule has 0 atom stereocenters. The van der Waals surface area contributed by atoms with Crippen LogP contribution >= 0.6 is 0 Å². The van der Waals surface area contributed by atoms with E-state index >= 15 is 0 Å². The fourth-order valence-electron chi connectivity index (χ4n) is 5.48. The van der Waals surface area contributed by atoms with E-state index in [9.17, 15) is 4.79 Å². The fourth-order valence-corrected chi connectivity index (χ4v) is 5.48. The molecule has 33 heavy (non-hydrogen) atoms. The van der Waals surface area contributed by atoms with Gasteiger partial charge in [-0.15, -0.1) is 0 Å². The summed E-state index contributed by atoms with van der Waals surface area (Å²) in [6.07, 6.45) is 5.44. The highest BCUT2D eigenvalue weighted by molar-refractivity contribution is 5.80. The van der Waals surface area contributed by atoms with Gasteiger partial charge in [-0.2, -0.15) is 5.10 Å². The number of hydrogen-bond acceptors (Lipinski definition) is 6. The van der Waals surface area contributed by atoms with Gasteiger partial charge in [0.2, 0.25) is 0 Å². The van der Waals surface area contributed by atoms with Gasteiger partial charge in [0.25, 0.3) is 5.56 Å². The SMILES string of the molecule is CCCc1nn(C)c2c(=O)[nH]c(-c3cc(N4CCC5(CCNCC5)C4)ccc3OCC)nc12. The zero-order valence-electron chi connectivity index (χ0n) is 19.9. The highest BCUT2D eigenvalue weighted by atomic mass is 16.5. The Morgan fingerprint density at radius 1 is 1.18 bits per heavy atom. The van der Waals surface area contributed by atoms with Crippen LogP contribution in [-0.4, -0.2) is 52.5 Å². The minimum atomic E-state index is -0.171. The van der Waals surface area contributed by atoms with Crippen LogP contribution < -0.4 is 20.5 Å². The zero-order chi connectivity index (χ0) is 23.0. The number of fused-ring (bicyclic) bond motifs is 1. The topological polar surface area (TPSA) is 88.1 Å². The van der Waals surface area contributed by atoms with Crippen LogP contribution in [0.15, 0.2) is 23.0 Å². The third kappa shape index (κ3) is 4.01. The number of aromatic nitrogens is 4. The summed E-state index contributed by atoms with van der Waals surface area (Å²) in [6, 6.07) is 6.28. The van der Waals surface area contributed by atoms with Gasteiger partial charge in [0.1, 0.15) is 17.1 Å². The second-order valence-corrected chi connectivity index (χ2v) is 9.47. The molecule has 0 unspecified atom stereocenters. The van der Waals surface area contributed by atoms with E-state index in [1.165, 1.54) is 19.3 Å². The fraction of sp³-hybridized carbons (Fsp3) is 0.560. The van der Waals surface area contributed by atoms with Crippen LogP contribution in [-0.2, 0) is 13.5 Å². The van der Waals surface area contributed by atoms with E-state index in [0.29, 0.717) is 28.9 Å². The van der Waals surface area contributed by atoms with E-state index in [1.54, 1.807) is 11.7 Å². The van der Waals surface area contributed by atoms with Crippen LogP contribution in [0, 0.1) is 5.41 Å². The number of ether oxygens (including phenoxy) is 1. The van der Waals surface area contributed by atoms with Crippen molar-refractivity contribution in [2.75, 3.05) is 37.7 Å². The second kappa shape index (κ2) is 8.82. The number of piperidine rings is 1. The Hall–Kier alpha value is -2.87.